The lowest BCUT2D eigenvalue weighted by Gasteiger charge is -2.16. The largest absolute Gasteiger partial charge is 0.370 e. The molecule has 0 aliphatic heterocycles. The van der Waals surface area contributed by atoms with Crippen molar-refractivity contribution >= 4 is 11.6 Å². The van der Waals surface area contributed by atoms with E-state index in [-0.39, 0.29) is 5.92 Å². The molecule has 4 N–H and O–H groups in total. The quantitative estimate of drug-likeness (QED) is 0.550. The van der Waals surface area contributed by atoms with Crippen LogP contribution < -0.4 is 16.6 Å². The Kier molecular flexibility index (Phi) is 5.17. The molecular formula is C15H27N5. The van der Waals surface area contributed by atoms with Crippen LogP contribution in [0.3, 0.4) is 0 Å². The van der Waals surface area contributed by atoms with Gasteiger partial charge in [-0.05, 0) is 19.3 Å². The van der Waals surface area contributed by atoms with Gasteiger partial charge in [-0.2, -0.15) is 0 Å². The van der Waals surface area contributed by atoms with E-state index in [9.17, 15) is 0 Å². The standard InChI is InChI=1S/C15H27N5/c1-10(2)13-18-14(11(3)15(19-13)20-16)17-9-8-12-6-4-5-7-12/h10,12H,4-9,16H2,1-3H3,(H2,17,18,19,20). The van der Waals surface area contributed by atoms with Gasteiger partial charge in [-0.15, -0.1) is 0 Å². The Morgan fingerprint density at radius 3 is 2.45 bits per heavy atom. The van der Waals surface area contributed by atoms with E-state index in [1.54, 1.807) is 0 Å². The molecule has 2 rings (SSSR count). The molecule has 0 atom stereocenters. The Bertz CT molecular complexity index is 438. The summed E-state index contributed by atoms with van der Waals surface area (Å²) in [5.41, 5.74) is 3.66. The predicted octanol–water partition coefficient (Wildman–Crippen LogP) is 3.19. The van der Waals surface area contributed by atoms with Gasteiger partial charge in [0.1, 0.15) is 17.5 Å². The van der Waals surface area contributed by atoms with Gasteiger partial charge in [0.2, 0.25) is 0 Å². The normalized spacial score (nSPS) is 15.8. The maximum Gasteiger partial charge on any atom is 0.148 e. The Hall–Kier alpha value is -1.36. The molecule has 5 nitrogen and oxygen atoms in total. The topological polar surface area (TPSA) is 75.9 Å². The van der Waals surface area contributed by atoms with Crippen molar-refractivity contribution in [3.05, 3.63) is 11.4 Å². The van der Waals surface area contributed by atoms with Gasteiger partial charge < -0.3 is 10.7 Å². The molecule has 0 bridgehead atoms. The second kappa shape index (κ2) is 6.88. The van der Waals surface area contributed by atoms with Crippen molar-refractivity contribution in [2.45, 2.75) is 58.8 Å². The number of nitrogens with zero attached hydrogens (tertiary/aromatic N) is 2. The Labute approximate surface area is 121 Å². The van der Waals surface area contributed by atoms with Gasteiger partial charge in [-0.1, -0.05) is 39.5 Å². The van der Waals surface area contributed by atoms with E-state index < -0.39 is 0 Å². The summed E-state index contributed by atoms with van der Waals surface area (Å²) in [5.74, 6) is 9.18. The van der Waals surface area contributed by atoms with Crippen molar-refractivity contribution < 1.29 is 0 Å². The summed E-state index contributed by atoms with van der Waals surface area (Å²) in [6.07, 6.45) is 6.80. The van der Waals surface area contributed by atoms with Crippen molar-refractivity contribution in [2.75, 3.05) is 17.3 Å². The third-order valence-corrected chi connectivity index (χ3v) is 4.14. The molecule has 1 aliphatic carbocycles. The number of rotatable bonds is 6. The molecule has 0 saturated heterocycles. The summed E-state index contributed by atoms with van der Waals surface area (Å²) < 4.78 is 0. The van der Waals surface area contributed by atoms with E-state index in [0.717, 1.165) is 29.7 Å². The molecule has 0 radical (unpaired) electrons. The van der Waals surface area contributed by atoms with Crippen molar-refractivity contribution in [1.29, 1.82) is 0 Å². The number of hydrazine groups is 1. The summed E-state index contributed by atoms with van der Waals surface area (Å²) >= 11 is 0. The van der Waals surface area contributed by atoms with Gasteiger partial charge in [0.15, 0.2) is 0 Å². The number of nitrogen functional groups attached to an aromatic ring is 1. The van der Waals surface area contributed by atoms with Gasteiger partial charge in [-0.3, -0.25) is 0 Å². The van der Waals surface area contributed by atoms with E-state index in [1.807, 2.05) is 6.92 Å². The fraction of sp³-hybridized carbons (Fsp3) is 0.733. The minimum atomic E-state index is 0.290. The average molecular weight is 277 g/mol. The lowest BCUT2D eigenvalue weighted by atomic mass is 10.0. The Morgan fingerprint density at radius 1 is 1.20 bits per heavy atom. The van der Waals surface area contributed by atoms with Crippen LogP contribution in [-0.2, 0) is 0 Å². The van der Waals surface area contributed by atoms with Gasteiger partial charge in [-0.25, -0.2) is 15.8 Å². The maximum absolute atomic E-state index is 5.55. The second-order valence-electron chi connectivity index (χ2n) is 6.07. The molecular weight excluding hydrogens is 250 g/mol. The maximum atomic E-state index is 5.55. The molecule has 1 aromatic heterocycles. The number of nitrogens with one attached hydrogen (secondary N) is 2. The molecule has 112 valence electrons. The Balaban J connectivity index is 2.03. The van der Waals surface area contributed by atoms with Crippen LogP contribution in [0.25, 0.3) is 0 Å². The Morgan fingerprint density at radius 2 is 1.85 bits per heavy atom. The molecule has 0 spiro atoms. The molecule has 0 unspecified atom stereocenters. The zero-order valence-corrected chi connectivity index (χ0v) is 12.9. The first-order chi connectivity index (χ1) is 9.61. The van der Waals surface area contributed by atoms with Crippen LogP contribution in [0.1, 0.15) is 63.3 Å². The summed E-state index contributed by atoms with van der Waals surface area (Å²) in [4.78, 5) is 9.08. The van der Waals surface area contributed by atoms with Crippen molar-refractivity contribution in [1.82, 2.24) is 9.97 Å². The monoisotopic (exact) mass is 277 g/mol. The third kappa shape index (κ3) is 3.60. The lowest BCUT2D eigenvalue weighted by Crippen LogP contribution is -2.16. The van der Waals surface area contributed by atoms with Crippen LogP contribution in [0, 0.1) is 12.8 Å². The van der Waals surface area contributed by atoms with Crippen molar-refractivity contribution in [3.63, 3.8) is 0 Å². The minimum Gasteiger partial charge on any atom is -0.370 e. The van der Waals surface area contributed by atoms with Gasteiger partial charge in [0.05, 0.1) is 0 Å². The van der Waals surface area contributed by atoms with E-state index >= 15 is 0 Å². The first-order valence-electron chi connectivity index (χ1n) is 7.70. The van der Waals surface area contributed by atoms with Gasteiger partial charge in [0.25, 0.3) is 0 Å². The highest BCUT2D eigenvalue weighted by atomic mass is 15.3. The summed E-state index contributed by atoms with van der Waals surface area (Å²) in [7, 11) is 0. The van der Waals surface area contributed by atoms with Crippen molar-refractivity contribution in [2.24, 2.45) is 11.8 Å². The van der Waals surface area contributed by atoms with Crippen LogP contribution in [0.4, 0.5) is 11.6 Å². The van der Waals surface area contributed by atoms with Crippen LogP contribution in [0.15, 0.2) is 0 Å². The molecule has 1 heterocycles. The fourth-order valence-electron chi connectivity index (χ4n) is 2.80. The number of aromatic nitrogens is 2. The number of anilines is 2. The van der Waals surface area contributed by atoms with E-state index in [2.05, 4.69) is 34.6 Å². The highest BCUT2D eigenvalue weighted by Gasteiger charge is 2.16. The van der Waals surface area contributed by atoms with Crippen LogP contribution in [-0.4, -0.2) is 16.5 Å². The zero-order chi connectivity index (χ0) is 14.5. The summed E-state index contributed by atoms with van der Waals surface area (Å²) in [6, 6.07) is 0. The second-order valence-corrected chi connectivity index (χ2v) is 6.07. The number of hydrogen-bond donors (Lipinski definition) is 3. The predicted molar refractivity (Wildman–Crippen MR) is 83.7 cm³/mol. The van der Waals surface area contributed by atoms with Gasteiger partial charge in [0, 0.05) is 18.0 Å². The van der Waals surface area contributed by atoms with E-state index in [1.165, 1.54) is 32.1 Å². The summed E-state index contributed by atoms with van der Waals surface area (Å²) in [5, 5.41) is 3.46. The SMILES string of the molecule is Cc1c(NN)nc(C(C)C)nc1NCCC1CCCC1. The first kappa shape index (κ1) is 15.0. The van der Waals surface area contributed by atoms with Crippen molar-refractivity contribution in [3.8, 4) is 0 Å². The minimum absolute atomic E-state index is 0.290. The molecule has 5 heteroatoms. The number of hydrogen-bond acceptors (Lipinski definition) is 5. The molecule has 20 heavy (non-hydrogen) atoms. The molecule has 1 fully saturated rings. The number of nitrogens with two attached hydrogens (primary N) is 1. The molecule has 1 aromatic rings. The molecule has 1 saturated carbocycles. The lowest BCUT2D eigenvalue weighted by molar-refractivity contribution is 0.518. The van der Waals surface area contributed by atoms with Gasteiger partial charge >= 0.3 is 0 Å². The first-order valence-corrected chi connectivity index (χ1v) is 7.70. The van der Waals surface area contributed by atoms with Crippen LogP contribution in [0.2, 0.25) is 0 Å². The van der Waals surface area contributed by atoms with Crippen LogP contribution >= 0.6 is 0 Å². The fourth-order valence-corrected chi connectivity index (χ4v) is 2.80. The van der Waals surface area contributed by atoms with E-state index in [0.29, 0.717) is 5.82 Å². The van der Waals surface area contributed by atoms with Crippen LogP contribution in [0.5, 0.6) is 0 Å². The smallest absolute Gasteiger partial charge is 0.148 e. The molecule has 0 aromatic carbocycles. The zero-order valence-electron chi connectivity index (χ0n) is 12.9. The average Bonchev–Trinajstić information content (AvgIpc) is 2.93. The molecule has 1 aliphatic rings. The highest BCUT2D eigenvalue weighted by Crippen LogP contribution is 2.28. The molecule has 0 amide bonds. The highest BCUT2D eigenvalue weighted by molar-refractivity contribution is 5.56. The van der Waals surface area contributed by atoms with E-state index in [4.69, 9.17) is 5.84 Å². The third-order valence-electron chi connectivity index (χ3n) is 4.14. The summed E-state index contributed by atoms with van der Waals surface area (Å²) in [6.45, 7) is 7.15.